The highest BCUT2D eigenvalue weighted by molar-refractivity contribution is 9.10. The number of hydrogen-bond donors (Lipinski definition) is 0. The Labute approximate surface area is 109 Å². The Hall–Kier alpha value is -1.29. The topological polar surface area (TPSA) is 38.7 Å². The van der Waals surface area contributed by atoms with E-state index in [2.05, 4.69) is 51.7 Å². The maximum atomic E-state index is 4.41. The van der Waals surface area contributed by atoms with Crippen LogP contribution in [0.5, 0.6) is 0 Å². The zero-order valence-corrected chi connectivity index (χ0v) is 11.7. The van der Waals surface area contributed by atoms with E-state index in [-0.39, 0.29) is 5.41 Å². The maximum absolute atomic E-state index is 4.41. The van der Waals surface area contributed by atoms with Gasteiger partial charge in [0.2, 0.25) is 0 Å². The molecule has 0 bridgehead atoms. The molecule has 0 amide bonds. The minimum atomic E-state index is -0.00497. The summed E-state index contributed by atoms with van der Waals surface area (Å²) in [6.45, 7) is 6.39. The molecule has 88 valence electrons. The lowest BCUT2D eigenvalue weighted by atomic mass is 9.91. The third-order valence-electron chi connectivity index (χ3n) is 2.39. The summed E-state index contributed by atoms with van der Waals surface area (Å²) >= 11 is 3.35. The van der Waals surface area contributed by atoms with E-state index in [0.29, 0.717) is 4.73 Å². The van der Waals surface area contributed by atoms with Crippen LogP contribution in [0.2, 0.25) is 0 Å². The van der Waals surface area contributed by atoms with Gasteiger partial charge in [0.15, 0.2) is 4.73 Å². The molecule has 2 rings (SSSR count). The molecule has 2 aromatic rings. The van der Waals surface area contributed by atoms with E-state index in [4.69, 9.17) is 0 Å². The van der Waals surface area contributed by atoms with Crippen molar-refractivity contribution in [1.29, 1.82) is 0 Å². The van der Waals surface area contributed by atoms with Crippen LogP contribution >= 0.6 is 15.9 Å². The molecule has 4 heteroatoms. The summed E-state index contributed by atoms with van der Waals surface area (Å²) in [6.07, 6.45) is 1.77. The van der Waals surface area contributed by atoms with E-state index in [1.165, 1.54) is 0 Å². The van der Waals surface area contributed by atoms with Crippen LogP contribution in [0.1, 0.15) is 26.5 Å². The zero-order chi connectivity index (χ0) is 12.5. The lowest BCUT2D eigenvalue weighted by Crippen LogP contribution is -2.14. The highest BCUT2D eigenvalue weighted by Gasteiger charge is 2.18. The van der Waals surface area contributed by atoms with Gasteiger partial charge in [-0.15, -0.1) is 0 Å². The Morgan fingerprint density at radius 1 is 1.06 bits per heavy atom. The van der Waals surface area contributed by atoms with Gasteiger partial charge in [0, 0.05) is 11.6 Å². The van der Waals surface area contributed by atoms with Gasteiger partial charge >= 0.3 is 0 Å². The predicted octanol–water partition coefficient (Wildman–Crippen LogP) is 3.60. The second-order valence-corrected chi connectivity index (χ2v) is 5.58. The molecule has 0 saturated heterocycles. The van der Waals surface area contributed by atoms with E-state index in [0.717, 1.165) is 17.1 Å². The first kappa shape index (κ1) is 12.2. The van der Waals surface area contributed by atoms with E-state index >= 15 is 0 Å². The normalized spacial score (nSPS) is 11.5. The second kappa shape index (κ2) is 4.53. The van der Waals surface area contributed by atoms with Crippen molar-refractivity contribution >= 4 is 15.9 Å². The molecule has 0 spiro atoms. The number of aromatic nitrogens is 3. The fourth-order valence-corrected chi connectivity index (χ4v) is 1.83. The van der Waals surface area contributed by atoms with Crippen LogP contribution in [0.15, 0.2) is 35.2 Å². The summed E-state index contributed by atoms with van der Waals surface area (Å²) in [7, 11) is 0. The standard InChI is InChI=1S/C13H14BrN3/c1-13(2,3)11-8-10(16-12(14)17-11)9-6-4-5-7-15-9/h4-8H,1-3H3. The van der Waals surface area contributed by atoms with Crippen LogP contribution in [0.25, 0.3) is 11.4 Å². The Morgan fingerprint density at radius 3 is 2.41 bits per heavy atom. The van der Waals surface area contributed by atoms with E-state index in [1.54, 1.807) is 6.20 Å². The third-order valence-corrected chi connectivity index (χ3v) is 2.75. The molecule has 3 nitrogen and oxygen atoms in total. The molecule has 0 atom stereocenters. The lowest BCUT2D eigenvalue weighted by Gasteiger charge is -2.18. The van der Waals surface area contributed by atoms with Gasteiger partial charge in [-0.1, -0.05) is 26.8 Å². The van der Waals surface area contributed by atoms with E-state index in [1.807, 2.05) is 24.3 Å². The summed E-state index contributed by atoms with van der Waals surface area (Å²) in [4.78, 5) is 13.1. The highest BCUT2D eigenvalue weighted by Crippen LogP contribution is 2.25. The largest absolute Gasteiger partial charge is 0.255 e. The van der Waals surface area contributed by atoms with Gasteiger partial charge in [0.25, 0.3) is 0 Å². The average molecular weight is 292 g/mol. The zero-order valence-electron chi connectivity index (χ0n) is 10.1. The molecule has 0 saturated carbocycles. The van der Waals surface area contributed by atoms with E-state index in [9.17, 15) is 0 Å². The number of rotatable bonds is 1. The van der Waals surface area contributed by atoms with Crippen LogP contribution < -0.4 is 0 Å². The van der Waals surface area contributed by atoms with Crippen LogP contribution in [0, 0.1) is 0 Å². The molecule has 0 N–H and O–H groups in total. The molecule has 0 fully saturated rings. The van der Waals surface area contributed by atoms with Gasteiger partial charge in [0.1, 0.15) is 0 Å². The number of nitrogens with zero attached hydrogens (tertiary/aromatic N) is 3. The molecule has 17 heavy (non-hydrogen) atoms. The number of pyridine rings is 1. The van der Waals surface area contributed by atoms with Crippen molar-refractivity contribution in [3.63, 3.8) is 0 Å². The molecular weight excluding hydrogens is 278 g/mol. The fourth-order valence-electron chi connectivity index (χ4n) is 1.45. The second-order valence-electron chi connectivity index (χ2n) is 4.87. The van der Waals surface area contributed by atoms with Crippen molar-refractivity contribution in [3.05, 3.63) is 40.9 Å². The minimum absolute atomic E-state index is 0.00497. The van der Waals surface area contributed by atoms with Gasteiger partial charge in [-0.3, -0.25) is 4.98 Å². The summed E-state index contributed by atoms with van der Waals surface area (Å²) in [6, 6.07) is 7.79. The molecule has 0 radical (unpaired) electrons. The predicted molar refractivity (Wildman–Crippen MR) is 71.7 cm³/mol. The SMILES string of the molecule is CC(C)(C)c1cc(-c2ccccn2)nc(Br)n1. The molecule has 0 aliphatic carbocycles. The van der Waals surface area contributed by atoms with Crippen molar-refractivity contribution < 1.29 is 0 Å². The summed E-state index contributed by atoms with van der Waals surface area (Å²) in [5.41, 5.74) is 2.70. The summed E-state index contributed by atoms with van der Waals surface area (Å²) in [5, 5.41) is 0. The first-order valence-corrected chi connectivity index (χ1v) is 6.22. The summed E-state index contributed by atoms with van der Waals surface area (Å²) < 4.78 is 0.602. The Morgan fingerprint density at radius 2 is 1.82 bits per heavy atom. The molecular formula is C13H14BrN3. The van der Waals surface area contributed by atoms with Gasteiger partial charge < -0.3 is 0 Å². The summed E-state index contributed by atoms with van der Waals surface area (Å²) in [5.74, 6) is 0. The van der Waals surface area contributed by atoms with Gasteiger partial charge in [0.05, 0.1) is 17.1 Å². The van der Waals surface area contributed by atoms with Gasteiger partial charge in [-0.25, -0.2) is 9.97 Å². The molecule has 0 unspecified atom stereocenters. The van der Waals surface area contributed by atoms with Crippen molar-refractivity contribution in [2.24, 2.45) is 0 Å². The van der Waals surface area contributed by atoms with Crippen molar-refractivity contribution in [2.45, 2.75) is 26.2 Å². The first-order chi connectivity index (χ1) is 7.97. The van der Waals surface area contributed by atoms with Crippen LogP contribution in [0.3, 0.4) is 0 Å². The fraction of sp³-hybridized carbons (Fsp3) is 0.308. The number of halogens is 1. The molecule has 0 aliphatic heterocycles. The average Bonchev–Trinajstić information content (AvgIpc) is 2.28. The van der Waals surface area contributed by atoms with Gasteiger partial charge in [-0.05, 0) is 34.1 Å². The maximum Gasteiger partial charge on any atom is 0.197 e. The first-order valence-electron chi connectivity index (χ1n) is 5.43. The van der Waals surface area contributed by atoms with Crippen LogP contribution in [0.4, 0.5) is 0 Å². The molecule has 2 heterocycles. The Kier molecular flexibility index (Phi) is 3.24. The lowest BCUT2D eigenvalue weighted by molar-refractivity contribution is 0.565. The monoisotopic (exact) mass is 291 g/mol. The molecule has 2 aromatic heterocycles. The van der Waals surface area contributed by atoms with Crippen molar-refractivity contribution in [3.8, 4) is 11.4 Å². The smallest absolute Gasteiger partial charge is 0.197 e. The molecule has 0 aromatic carbocycles. The Bertz CT molecular complexity index is 518. The number of hydrogen-bond acceptors (Lipinski definition) is 3. The van der Waals surface area contributed by atoms with Crippen molar-refractivity contribution in [2.75, 3.05) is 0 Å². The van der Waals surface area contributed by atoms with Crippen molar-refractivity contribution in [1.82, 2.24) is 15.0 Å². The van der Waals surface area contributed by atoms with Gasteiger partial charge in [-0.2, -0.15) is 0 Å². The van der Waals surface area contributed by atoms with E-state index < -0.39 is 0 Å². The highest BCUT2D eigenvalue weighted by atomic mass is 79.9. The minimum Gasteiger partial charge on any atom is -0.255 e. The molecule has 0 aliphatic rings. The van der Waals surface area contributed by atoms with Crippen LogP contribution in [-0.4, -0.2) is 15.0 Å². The quantitative estimate of drug-likeness (QED) is 0.754. The van der Waals surface area contributed by atoms with Crippen LogP contribution in [-0.2, 0) is 5.41 Å². The third kappa shape index (κ3) is 2.88. The Balaban J connectivity index is 2.54.